The molecule has 1 saturated heterocycles. The topological polar surface area (TPSA) is 59.0 Å². The standard InChI is InChI=1S/C13H25NO4/c1-5-17-9-11(15)10-6-7-14(8-10)12(16)18-13(2,3)4/h10-11,15H,5-9H2,1-4H3. The molecular weight excluding hydrogens is 234 g/mol. The maximum absolute atomic E-state index is 11.8. The number of carbonyl (C=O) groups is 1. The molecule has 1 rings (SSSR count). The lowest BCUT2D eigenvalue weighted by Gasteiger charge is -2.25. The molecule has 1 fully saturated rings. The van der Waals surface area contributed by atoms with Crippen molar-refractivity contribution >= 4 is 6.09 Å². The summed E-state index contributed by atoms with van der Waals surface area (Å²) in [4.78, 5) is 13.5. The van der Waals surface area contributed by atoms with Crippen LogP contribution < -0.4 is 0 Å². The van der Waals surface area contributed by atoms with Gasteiger partial charge in [-0.3, -0.25) is 0 Å². The fraction of sp³-hybridized carbons (Fsp3) is 0.923. The van der Waals surface area contributed by atoms with Crippen molar-refractivity contribution in [1.29, 1.82) is 0 Å². The van der Waals surface area contributed by atoms with Gasteiger partial charge in [-0.25, -0.2) is 4.79 Å². The highest BCUT2D eigenvalue weighted by atomic mass is 16.6. The number of nitrogens with zero attached hydrogens (tertiary/aromatic N) is 1. The number of carbonyl (C=O) groups excluding carboxylic acids is 1. The molecule has 0 saturated carbocycles. The van der Waals surface area contributed by atoms with E-state index < -0.39 is 11.7 Å². The first kappa shape index (κ1) is 15.2. The van der Waals surface area contributed by atoms with E-state index in [1.165, 1.54) is 0 Å². The smallest absolute Gasteiger partial charge is 0.410 e. The van der Waals surface area contributed by atoms with Gasteiger partial charge in [0.15, 0.2) is 0 Å². The van der Waals surface area contributed by atoms with E-state index in [1.54, 1.807) is 4.90 Å². The summed E-state index contributed by atoms with van der Waals surface area (Å²) in [7, 11) is 0. The van der Waals surface area contributed by atoms with Crippen LogP contribution >= 0.6 is 0 Å². The number of aliphatic hydroxyl groups excluding tert-OH is 1. The van der Waals surface area contributed by atoms with Crippen LogP contribution in [0.15, 0.2) is 0 Å². The molecule has 18 heavy (non-hydrogen) atoms. The maximum atomic E-state index is 11.8. The van der Waals surface area contributed by atoms with E-state index in [2.05, 4.69) is 0 Å². The summed E-state index contributed by atoms with van der Waals surface area (Å²) < 4.78 is 10.5. The third-order valence-electron chi connectivity index (χ3n) is 2.91. The Morgan fingerprint density at radius 2 is 2.17 bits per heavy atom. The van der Waals surface area contributed by atoms with Crippen molar-refractivity contribution in [1.82, 2.24) is 4.90 Å². The molecule has 0 aromatic rings. The first-order valence-corrected chi connectivity index (χ1v) is 6.57. The SMILES string of the molecule is CCOCC(O)C1CCN(C(=O)OC(C)(C)C)C1. The van der Waals surface area contributed by atoms with Gasteiger partial charge in [0.05, 0.1) is 12.7 Å². The number of hydrogen-bond donors (Lipinski definition) is 1. The highest BCUT2D eigenvalue weighted by Gasteiger charge is 2.33. The Labute approximate surface area is 109 Å². The van der Waals surface area contributed by atoms with Crippen LogP contribution in [-0.4, -0.2) is 54.1 Å². The Kier molecular flexibility index (Phi) is 5.41. The molecule has 1 N–H and O–H groups in total. The van der Waals surface area contributed by atoms with Crippen LogP contribution in [0.2, 0.25) is 0 Å². The number of amides is 1. The Bertz CT molecular complexity index is 275. The maximum Gasteiger partial charge on any atom is 0.410 e. The molecule has 1 amide bonds. The molecule has 5 heteroatoms. The van der Waals surface area contributed by atoms with Crippen molar-refractivity contribution < 1.29 is 19.4 Å². The lowest BCUT2D eigenvalue weighted by Crippen LogP contribution is -2.36. The molecule has 5 nitrogen and oxygen atoms in total. The summed E-state index contributed by atoms with van der Waals surface area (Å²) in [6, 6.07) is 0. The largest absolute Gasteiger partial charge is 0.444 e. The van der Waals surface area contributed by atoms with Crippen LogP contribution in [0, 0.1) is 5.92 Å². The van der Waals surface area contributed by atoms with Crippen molar-refractivity contribution in [2.75, 3.05) is 26.3 Å². The fourth-order valence-corrected chi connectivity index (χ4v) is 1.97. The van der Waals surface area contributed by atoms with Gasteiger partial charge >= 0.3 is 6.09 Å². The van der Waals surface area contributed by atoms with Crippen LogP contribution in [0.4, 0.5) is 4.79 Å². The van der Waals surface area contributed by atoms with Crippen molar-refractivity contribution in [3.8, 4) is 0 Å². The minimum Gasteiger partial charge on any atom is -0.444 e. The Balaban J connectivity index is 2.38. The summed E-state index contributed by atoms with van der Waals surface area (Å²) in [6.07, 6.45) is -0.000912. The van der Waals surface area contributed by atoms with Crippen LogP contribution in [0.1, 0.15) is 34.1 Å². The minimum atomic E-state index is -0.502. The third kappa shape index (κ3) is 4.82. The molecule has 0 aromatic heterocycles. The van der Waals surface area contributed by atoms with E-state index in [0.717, 1.165) is 6.42 Å². The van der Waals surface area contributed by atoms with Crippen LogP contribution in [0.5, 0.6) is 0 Å². The third-order valence-corrected chi connectivity index (χ3v) is 2.91. The second kappa shape index (κ2) is 6.38. The van der Waals surface area contributed by atoms with Gasteiger partial charge in [-0.2, -0.15) is 0 Å². The Morgan fingerprint density at radius 1 is 1.50 bits per heavy atom. The number of likely N-dealkylation sites (tertiary alicyclic amines) is 1. The second-order valence-corrected chi connectivity index (χ2v) is 5.70. The van der Waals surface area contributed by atoms with E-state index in [0.29, 0.717) is 26.3 Å². The van der Waals surface area contributed by atoms with Crippen molar-refractivity contribution in [2.45, 2.75) is 45.8 Å². The van der Waals surface area contributed by atoms with E-state index >= 15 is 0 Å². The number of aliphatic hydroxyl groups is 1. The summed E-state index contributed by atoms with van der Waals surface area (Å²) in [6.45, 7) is 9.57. The molecule has 0 bridgehead atoms. The van der Waals surface area contributed by atoms with Gasteiger partial charge in [-0.15, -0.1) is 0 Å². The molecule has 1 aliphatic heterocycles. The Morgan fingerprint density at radius 3 is 2.72 bits per heavy atom. The van der Waals surface area contributed by atoms with E-state index in [-0.39, 0.29) is 12.0 Å². The van der Waals surface area contributed by atoms with Gasteiger partial charge < -0.3 is 19.5 Å². The normalized spacial score (nSPS) is 22.1. The zero-order valence-corrected chi connectivity index (χ0v) is 11.8. The molecule has 1 aliphatic rings. The zero-order valence-electron chi connectivity index (χ0n) is 11.8. The second-order valence-electron chi connectivity index (χ2n) is 5.70. The number of ether oxygens (including phenoxy) is 2. The van der Waals surface area contributed by atoms with Gasteiger partial charge in [0, 0.05) is 25.6 Å². The van der Waals surface area contributed by atoms with Crippen molar-refractivity contribution in [3.05, 3.63) is 0 Å². The van der Waals surface area contributed by atoms with Crippen molar-refractivity contribution in [2.24, 2.45) is 5.92 Å². The molecule has 1 heterocycles. The summed E-state index contributed by atoms with van der Waals surface area (Å²) in [5, 5.41) is 9.91. The first-order valence-electron chi connectivity index (χ1n) is 6.57. The summed E-state index contributed by atoms with van der Waals surface area (Å²) in [5.41, 5.74) is -0.473. The molecule has 0 radical (unpaired) electrons. The van der Waals surface area contributed by atoms with E-state index in [1.807, 2.05) is 27.7 Å². The monoisotopic (exact) mass is 259 g/mol. The van der Waals surface area contributed by atoms with Gasteiger partial charge in [-0.1, -0.05) is 0 Å². The lowest BCUT2D eigenvalue weighted by molar-refractivity contribution is 0.00671. The van der Waals surface area contributed by atoms with E-state index in [9.17, 15) is 9.90 Å². The lowest BCUT2D eigenvalue weighted by atomic mass is 10.0. The summed E-state index contributed by atoms with van der Waals surface area (Å²) >= 11 is 0. The zero-order chi connectivity index (χ0) is 13.8. The predicted molar refractivity (Wildman–Crippen MR) is 68.4 cm³/mol. The average Bonchev–Trinajstić information content (AvgIpc) is 2.72. The fourth-order valence-electron chi connectivity index (χ4n) is 1.97. The van der Waals surface area contributed by atoms with Gasteiger partial charge in [0.25, 0.3) is 0 Å². The van der Waals surface area contributed by atoms with E-state index in [4.69, 9.17) is 9.47 Å². The first-order chi connectivity index (χ1) is 8.33. The molecule has 2 atom stereocenters. The quantitative estimate of drug-likeness (QED) is 0.834. The molecule has 0 spiro atoms. The number of hydrogen-bond acceptors (Lipinski definition) is 4. The molecule has 0 aliphatic carbocycles. The van der Waals surface area contributed by atoms with Crippen LogP contribution in [-0.2, 0) is 9.47 Å². The molecule has 2 unspecified atom stereocenters. The van der Waals surface area contributed by atoms with Gasteiger partial charge in [0.2, 0.25) is 0 Å². The highest BCUT2D eigenvalue weighted by Crippen LogP contribution is 2.22. The molecule has 106 valence electrons. The average molecular weight is 259 g/mol. The van der Waals surface area contributed by atoms with Crippen LogP contribution in [0.25, 0.3) is 0 Å². The molecule has 0 aromatic carbocycles. The molecular formula is C13H25NO4. The number of rotatable bonds is 4. The summed E-state index contributed by atoms with van der Waals surface area (Å²) in [5.74, 6) is 0.0871. The van der Waals surface area contributed by atoms with Gasteiger partial charge in [-0.05, 0) is 34.1 Å². The van der Waals surface area contributed by atoms with Gasteiger partial charge in [0.1, 0.15) is 5.60 Å². The van der Waals surface area contributed by atoms with Crippen LogP contribution in [0.3, 0.4) is 0 Å². The minimum absolute atomic E-state index is 0.0871. The predicted octanol–water partition coefficient (Wildman–Crippen LogP) is 1.64. The van der Waals surface area contributed by atoms with Crippen molar-refractivity contribution in [3.63, 3.8) is 0 Å². The highest BCUT2D eigenvalue weighted by molar-refractivity contribution is 5.68. The Hall–Kier alpha value is -0.810.